The summed E-state index contributed by atoms with van der Waals surface area (Å²) in [5, 5.41) is 20.6. The lowest BCUT2D eigenvalue weighted by Gasteiger charge is -2.33. The number of nitrogens with one attached hydrogen (secondary N) is 1. The van der Waals surface area contributed by atoms with Gasteiger partial charge in [-0.05, 0) is 44.7 Å². The van der Waals surface area contributed by atoms with Crippen LogP contribution in [0.1, 0.15) is 39.5 Å². The van der Waals surface area contributed by atoms with Crippen LogP contribution < -0.4 is 5.32 Å². The molecule has 0 radical (unpaired) electrons. The van der Waals surface area contributed by atoms with Crippen LogP contribution in [0.5, 0.6) is 0 Å². The molecule has 35 heavy (non-hydrogen) atoms. The van der Waals surface area contributed by atoms with Crippen LogP contribution in [0.4, 0.5) is 0 Å². The first kappa shape index (κ1) is 23.7. The van der Waals surface area contributed by atoms with Crippen LogP contribution in [0.3, 0.4) is 0 Å². The van der Waals surface area contributed by atoms with E-state index in [0.717, 1.165) is 5.52 Å². The Hall–Kier alpha value is -3.05. The summed E-state index contributed by atoms with van der Waals surface area (Å²) < 4.78 is 13.5. The molecule has 3 saturated heterocycles. The van der Waals surface area contributed by atoms with Crippen molar-refractivity contribution in [2.24, 2.45) is 11.8 Å². The van der Waals surface area contributed by atoms with Gasteiger partial charge in [0.25, 0.3) is 0 Å². The first-order valence-electron chi connectivity index (χ1n) is 12.3. The zero-order valence-corrected chi connectivity index (χ0v) is 20.0. The third-order valence-electron chi connectivity index (χ3n) is 7.85. The normalized spacial score (nSPS) is 31.2. The number of aliphatic hydroxyl groups excluding tert-OH is 1. The lowest BCUT2D eigenvalue weighted by Crippen LogP contribution is -2.55. The first-order chi connectivity index (χ1) is 16.9. The number of hydrogen-bond donors (Lipinski definition) is 2. The molecule has 3 aliphatic rings. The third-order valence-corrected chi connectivity index (χ3v) is 7.85. The standard InChI is InChI=1S/C24H31N5O6/c1-3-23-10-11-24(35-23)17(18(23)22(33)34-4-2)21(32)28(12-7-13-30)19(24)20(31)25-14-29-16-9-6-5-8-15(16)26-27-29/h5-6,8-9,17-19,30H,3-4,7,10-14H2,1-2H3,(H,25,31)/t17-,18+,19?,23-,24?/m0/s1. The summed E-state index contributed by atoms with van der Waals surface area (Å²) in [6.45, 7) is 4.00. The molecule has 1 aromatic heterocycles. The molecular weight excluding hydrogens is 454 g/mol. The van der Waals surface area contributed by atoms with Crippen LogP contribution in [0.2, 0.25) is 0 Å². The zero-order valence-electron chi connectivity index (χ0n) is 20.0. The number of hydrogen-bond acceptors (Lipinski definition) is 8. The number of nitrogens with zero attached hydrogens (tertiary/aromatic N) is 4. The van der Waals surface area contributed by atoms with Crippen molar-refractivity contribution in [3.63, 3.8) is 0 Å². The van der Waals surface area contributed by atoms with E-state index < -0.39 is 35.0 Å². The third kappa shape index (κ3) is 3.43. The van der Waals surface area contributed by atoms with Gasteiger partial charge in [-0.3, -0.25) is 14.4 Å². The maximum atomic E-state index is 13.7. The van der Waals surface area contributed by atoms with Crippen molar-refractivity contribution in [2.45, 2.75) is 63.4 Å². The van der Waals surface area contributed by atoms with Crippen molar-refractivity contribution in [1.82, 2.24) is 25.2 Å². The van der Waals surface area contributed by atoms with Crippen LogP contribution in [0.15, 0.2) is 24.3 Å². The Morgan fingerprint density at radius 1 is 1.29 bits per heavy atom. The van der Waals surface area contributed by atoms with Gasteiger partial charge in [-0.25, -0.2) is 4.68 Å². The lowest BCUT2D eigenvalue weighted by atomic mass is 9.65. The molecule has 1 spiro atoms. The van der Waals surface area contributed by atoms with E-state index in [1.807, 2.05) is 31.2 Å². The number of rotatable bonds is 9. The molecule has 2 unspecified atom stereocenters. The number of amides is 2. The van der Waals surface area contributed by atoms with Crippen molar-refractivity contribution >= 4 is 28.8 Å². The Bertz CT molecular complexity index is 1150. The highest BCUT2D eigenvalue weighted by Crippen LogP contribution is 2.64. The molecule has 11 nitrogen and oxygen atoms in total. The van der Waals surface area contributed by atoms with Crippen molar-refractivity contribution in [3.05, 3.63) is 24.3 Å². The molecule has 0 saturated carbocycles. The van der Waals surface area contributed by atoms with Gasteiger partial charge in [0.05, 0.1) is 23.6 Å². The molecule has 1 aromatic carbocycles. The number of carbonyl (C=O) groups is 3. The van der Waals surface area contributed by atoms with Crippen LogP contribution in [0, 0.1) is 11.8 Å². The minimum atomic E-state index is -1.12. The van der Waals surface area contributed by atoms with E-state index in [9.17, 15) is 19.5 Å². The van der Waals surface area contributed by atoms with Gasteiger partial charge in [0.2, 0.25) is 11.8 Å². The largest absolute Gasteiger partial charge is 0.466 e. The predicted octanol–water partition coefficient (Wildman–Crippen LogP) is 0.605. The minimum Gasteiger partial charge on any atom is -0.466 e. The summed E-state index contributed by atoms with van der Waals surface area (Å²) >= 11 is 0. The highest BCUT2D eigenvalue weighted by atomic mass is 16.6. The molecule has 0 aliphatic carbocycles. The van der Waals surface area contributed by atoms with Crippen LogP contribution >= 0.6 is 0 Å². The topological polar surface area (TPSA) is 136 Å². The lowest BCUT2D eigenvalue weighted by molar-refractivity contribution is -0.160. The Morgan fingerprint density at radius 2 is 2.09 bits per heavy atom. The average molecular weight is 486 g/mol. The second kappa shape index (κ2) is 8.87. The fourth-order valence-corrected chi connectivity index (χ4v) is 6.37. The molecule has 2 N–H and O–H groups in total. The summed E-state index contributed by atoms with van der Waals surface area (Å²) in [6.07, 6.45) is 1.92. The first-order valence-corrected chi connectivity index (χ1v) is 12.3. The molecule has 5 rings (SSSR count). The Morgan fingerprint density at radius 3 is 2.83 bits per heavy atom. The van der Waals surface area contributed by atoms with Crippen LogP contribution in [-0.4, -0.2) is 79.8 Å². The van der Waals surface area contributed by atoms with Gasteiger partial charge in [0.15, 0.2) is 0 Å². The van der Waals surface area contributed by atoms with Crippen molar-refractivity contribution in [2.75, 3.05) is 19.8 Å². The molecule has 11 heteroatoms. The molecule has 2 amide bonds. The summed E-state index contributed by atoms with van der Waals surface area (Å²) in [6, 6.07) is 6.50. The van der Waals surface area contributed by atoms with Crippen LogP contribution in [0.25, 0.3) is 11.0 Å². The SMILES string of the molecule is CCOC(=O)[C@H]1[C@H]2C(=O)N(CCCO)C(C(=O)NCn3nnc4ccccc43)C23CC[C@]1(CC)O3. The molecule has 3 aliphatic heterocycles. The Balaban J connectivity index is 1.47. The Kier molecular flexibility index (Phi) is 6.00. The number of aliphatic hydroxyl groups is 1. The molecule has 2 aromatic rings. The van der Waals surface area contributed by atoms with E-state index in [0.29, 0.717) is 31.2 Å². The predicted molar refractivity (Wildman–Crippen MR) is 123 cm³/mol. The number of carbonyl (C=O) groups excluding carboxylic acids is 3. The summed E-state index contributed by atoms with van der Waals surface area (Å²) in [4.78, 5) is 42.0. The van der Waals surface area contributed by atoms with Crippen molar-refractivity contribution < 1.29 is 29.0 Å². The van der Waals surface area contributed by atoms with E-state index in [-0.39, 0.29) is 38.2 Å². The van der Waals surface area contributed by atoms with Gasteiger partial charge >= 0.3 is 5.97 Å². The molecule has 3 fully saturated rings. The summed E-state index contributed by atoms with van der Waals surface area (Å²) in [5.74, 6) is -2.68. The number of para-hydroxylation sites is 1. The van der Waals surface area contributed by atoms with Gasteiger partial charge in [-0.15, -0.1) is 5.10 Å². The second-order valence-corrected chi connectivity index (χ2v) is 9.47. The number of fused-ring (bicyclic) bond motifs is 2. The molecule has 2 bridgehead atoms. The van der Waals surface area contributed by atoms with Gasteiger partial charge < -0.3 is 24.8 Å². The highest BCUT2D eigenvalue weighted by molar-refractivity contribution is 5.98. The smallest absolute Gasteiger partial charge is 0.312 e. The molecular formula is C24H31N5O6. The number of aromatic nitrogens is 3. The maximum absolute atomic E-state index is 13.7. The number of esters is 1. The monoisotopic (exact) mass is 485 g/mol. The minimum absolute atomic E-state index is 0.0683. The maximum Gasteiger partial charge on any atom is 0.312 e. The summed E-state index contributed by atoms with van der Waals surface area (Å²) in [5.41, 5.74) is -0.458. The van der Waals surface area contributed by atoms with E-state index >= 15 is 0 Å². The van der Waals surface area contributed by atoms with Gasteiger partial charge in [-0.1, -0.05) is 24.3 Å². The zero-order chi connectivity index (χ0) is 24.8. The van der Waals surface area contributed by atoms with E-state index in [4.69, 9.17) is 9.47 Å². The van der Waals surface area contributed by atoms with E-state index in [1.165, 1.54) is 4.90 Å². The fraction of sp³-hybridized carbons (Fsp3) is 0.625. The number of benzene rings is 1. The molecule has 5 atom stereocenters. The van der Waals surface area contributed by atoms with Gasteiger partial charge in [0, 0.05) is 13.2 Å². The van der Waals surface area contributed by atoms with Crippen molar-refractivity contribution in [1.29, 1.82) is 0 Å². The van der Waals surface area contributed by atoms with E-state index in [2.05, 4.69) is 15.6 Å². The summed E-state index contributed by atoms with van der Waals surface area (Å²) in [7, 11) is 0. The van der Waals surface area contributed by atoms with Gasteiger partial charge in [0.1, 0.15) is 29.7 Å². The fourth-order valence-electron chi connectivity index (χ4n) is 6.37. The van der Waals surface area contributed by atoms with Crippen LogP contribution in [-0.2, 0) is 30.5 Å². The van der Waals surface area contributed by atoms with Crippen molar-refractivity contribution in [3.8, 4) is 0 Å². The highest BCUT2D eigenvalue weighted by Gasteiger charge is 2.78. The quantitative estimate of drug-likeness (QED) is 0.493. The average Bonchev–Trinajstić information content (AvgIpc) is 3.58. The van der Waals surface area contributed by atoms with Gasteiger partial charge in [-0.2, -0.15) is 0 Å². The number of likely N-dealkylation sites (tertiary alicyclic amines) is 1. The Labute approximate surface area is 202 Å². The molecule has 188 valence electrons. The molecule has 4 heterocycles. The number of ether oxygens (including phenoxy) is 2. The second-order valence-electron chi connectivity index (χ2n) is 9.47. The van der Waals surface area contributed by atoms with E-state index in [1.54, 1.807) is 11.6 Å².